The van der Waals surface area contributed by atoms with Gasteiger partial charge in [0.25, 0.3) is 0 Å². The van der Waals surface area contributed by atoms with Gasteiger partial charge in [-0.05, 0) is 43.2 Å². The Labute approximate surface area is 203 Å². The van der Waals surface area contributed by atoms with Crippen LogP contribution >= 0.6 is 11.3 Å². The van der Waals surface area contributed by atoms with Gasteiger partial charge in [-0.3, -0.25) is 0 Å². The highest BCUT2D eigenvalue weighted by Gasteiger charge is 2.31. The number of hydrogen-bond acceptors (Lipinski definition) is 7. The zero-order valence-corrected chi connectivity index (χ0v) is 21.0. The number of methoxy groups -OCH3 is 1. The molecule has 5 rings (SSSR count). The fourth-order valence-electron chi connectivity index (χ4n) is 4.45. The Bertz CT molecular complexity index is 1440. The monoisotopic (exact) mass is 494 g/mol. The van der Waals surface area contributed by atoms with Gasteiger partial charge in [-0.15, -0.1) is 11.3 Å². The number of sulfonamides is 1. The third-order valence-electron chi connectivity index (χ3n) is 6.24. The second kappa shape index (κ2) is 8.98. The predicted molar refractivity (Wildman–Crippen MR) is 136 cm³/mol. The van der Waals surface area contributed by atoms with Gasteiger partial charge in [0.1, 0.15) is 22.7 Å². The third kappa shape index (κ3) is 4.04. The van der Waals surface area contributed by atoms with Crippen LogP contribution in [0.15, 0.2) is 59.1 Å². The van der Waals surface area contributed by atoms with Crippen molar-refractivity contribution in [2.45, 2.75) is 18.7 Å². The summed E-state index contributed by atoms with van der Waals surface area (Å²) in [6.07, 6.45) is 1.59. The summed E-state index contributed by atoms with van der Waals surface area (Å²) in [5.41, 5.74) is 3.97. The molecule has 2 aromatic heterocycles. The highest BCUT2D eigenvalue weighted by molar-refractivity contribution is 7.89. The number of aryl methyl sites for hydroxylation is 2. The molecule has 0 aliphatic carbocycles. The van der Waals surface area contributed by atoms with Gasteiger partial charge < -0.3 is 9.64 Å². The fraction of sp³-hybridized carbons (Fsp3) is 0.280. The van der Waals surface area contributed by atoms with E-state index in [0.29, 0.717) is 31.1 Å². The van der Waals surface area contributed by atoms with Crippen LogP contribution in [0.2, 0.25) is 0 Å². The number of fused-ring (bicyclic) bond motifs is 1. The van der Waals surface area contributed by atoms with Crippen molar-refractivity contribution in [2.24, 2.45) is 0 Å². The summed E-state index contributed by atoms with van der Waals surface area (Å²) < 4.78 is 33.5. The van der Waals surface area contributed by atoms with Crippen LogP contribution in [0, 0.1) is 13.8 Å². The van der Waals surface area contributed by atoms with Crippen LogP contribution in [-0.4, -0.2) is 56.0 Å². The van der Waals surface area contributed by atoms with Crippen molar-refractivity contribution in [2.75, 3.05) is 38.2 Å². The van der Waals surface area contributed by atoms with E-state index < -0.39 is 10.0 Å². The highest BCUT2D eigenvalue weighted by Crippen LogP contribution is 2.38. The lowest BCUT2D eigenvalue weighted by Gasteiger charge is -2.35. The Morgan fingerprint density at radius 2 is 1.71 bits per heavy atom. The Balaban J connectivity index is 1.42. The largest absolute Gasteiger partial charge is 0.497 e. The van der Waals surface area contributed by atoms with Crippen LogP contribution in [0.5, 0.6) is 5.75 Å². The van der Waals surface area contributed by atoms with Crippen LogP contribution < -0.4 is 9.64 Å². The Hall–Kier alpha value is -3.01. The van der Waals surface area contributed by atoms with Crippen molar-refractivity contribution in [1.29, 1.82) is 0 Å². The number of nitrogens with zero attached hydrogens (tertiary/aromatic N) is 4. The third-order valence-corrected chi connectivity index (χ3v) is 9.18. The molecule has 3 heterocycles. The summed E-state index contributed by atoms with van der Waals surface area (Å²) in [5.74, 6) is 1.65. The van der Waals surface area contributed by atoms with Gasteiger partial charge in [-0.1, -0.05) is 29.8 Å². The van der Waals surface area contributed by atoms with Gasteiger partial charge in [0, 0.05) is 37.1 Å². The molecule has 0 amide bonds. The average Bonchev–Trinajstić information content (AvgIpc) is 3.28. The lowest BCUT2D eigenvalue weighted by Crippen LogP contribution is -2.49. The first-order valence-corrected chi connectivity index (χ1v) is 13.4. The molecule has 2 aromatic carbocycles. The second-order valence-corrected chi connectivity index (χ2v) is 11.2. The molecule has 1 aliphatic rings. The number of ether oxygens (including phenoxy) is 1. The molecule has 34 heavy (non-hydrogen) atoms. The van der Waals surface area contributed by atoms with E-state index >= 15 is 0 Å². The molecular weight excluding hydrogens is 468 g/mol. The van der Waals surface area contributed by atoms with E-state index in [4.69, 9.17) is 4.74 Å². The number of hydrogen-bond donors (Lipinski definition) is 0. The van der Waals surface area contributed by atoms with Crippen LogP contribution in [0.3, 0.4) is 0 Å². The maximum atomic E-state index is 13.3. The molecule has 0 bridgehead atoms. The predicted octanol–water partition coefficient (Wildman–Crippen LogP) is 4.49. The normalized spacial score (nSPS) is 15.1. The number of thiophene rings is 1. The lowest BCUT2D eigenvalue weighted by atomic mass is 10.1. The molecule has 7 nitrogen and oxygen atoms in total. The summed E-state index contributed by atoms with van der Waals surface area (Å²) >= 11 is 1.59. The van der Waals surface area contributed by atoms with E-state index in [0.717, 1.165) is 44.0 Å². The first-order chi connectivity index (χ1) is 16.4. The zero-order valence-electron chi connectivity index (χ0n) is 19.4. The van der Waals surface area contributed by atoms with Crippen molar-refractivity contribution in [1.82, 2.24) is 14.3 Å². The summed E-state index contributed by atoms with van der Waals surface area (Å²) in [6, 6.07) is 13.4. The highest BCUT2D eigenvalue weighted by atomic mass is 32.2. The van der Waals surface area contributed by atoms with Crippen molar-refractivity contribution in [3.05, 3.63) is 65.3 Å². The van der Waals surface area contributed by atoms with Crippen molar-refractivity contribution in [3.63, 3.8) is 0 Å². The van der Waals surface area contributed by atoms with Crippen LogP contribution in [-0.2, 0) is 10.0 Å². The zero-order chi connectivity index (χ0) is 23.9. The van der Waals surface area contributed by atoms with Gasteiger partial charge in [-0.25, -0.2) is 18.4 Å². The summed E-state index contributed by atoms with van der Waals surface area (Å²) in [4.78, 5) is 12.6. The minimum Gasteiger partial charge on any atom is -0.497 e. The van der Waals surface area contributed by atoms with Crippen LogP contribution in [0.4, 0.5) is 5.82 Å². The standard InChI is InChI=1S/C25H26N4O3S2/c1-17-4-9-22(18(2)14-17)34(30,31)29-12-10-28(11-13-29)24-23-21(15-33-25(23)27-16-26-24)19-5-7-20(32-3)8-6-19/h4-9,14-16H,10-13H2,1-3H3. The molecule has 1 fully saturated rings. The maximum absolute atomic E-state index is 13.3. The number of piperazine rings is 1. The van der Waals surface area contributed by atoms with Gasteiger partial charge >= 0.3 is 0 Å². The van der Waals surface area contributed by atoms with Crippen molar-refractivity contribution in [3.8, 4) is 16.9 Å². The topological polar surface area (TPSA) is 75.6 Å². The van der Waals surface area contributed by atoms with Crippen LogP contribution in [0.25, 0.3) is 21.3 Å². The van der Waals surface area contributed by atoms with Gasteiger partial charge in [0.2, 0.25) is 10.0 Å². The molecule has 1 aliphatic heterocycles. The van der Waals surface area contributed by atoms with E-state index in [2.05, 4.69) is 20.2 Å². The molecule has 0 atom stereocenters. The maximum Gasteiger partial charge on any atom is 0.243 e. The first kappa shape index (κ1) is 22.8. The molecule has 0 unspecified atom stereocenters. The quantitative estimate of drug-likeness (QED) is 0.407. The van der Waals surface area contributed by atoms with E-state index in [1.165, 1.54) is 0 Å². The Morgan fingerprint density at radius 1 is 0.971 bits per heavy atom. The summed E-state index contributed by atoms with van der Waals surface area (Å²) in [7, 11) is -1.89. The number of rotatable bonds is 5. The Morgan fingerprint density at radius 3 is 2.38 bits per heavy atom. The lowest BCUT2D eigenvalue weighted by molar-refractivity contribution is 0.384. The second-order valence-electron chi connectivity index (χ2n) is 8.42. The molecule has 0 saturated carbocycles. The van der Waals surface area contributed by atoms with Crippen LogP contribution in [0.1, 0.15) is 11.1 Å². The molecule has 4 aromatic rings. The molecular formula is C25H26N4O3S2. The Kier molecular flexibility index (Phi) is 6.01. The molecule has 176 valence electrons. The van der Waals surface area contributed by atoms with Gasteiger partial charge in [0.05, 0.1) is 17.4 Å². The minimum atomic E-state index is -3.54. The van der Waals surface area contributed by atoms with E-state index in [9.17, 15) is 8.42 Å². The van der Waals surface area contributed by atoms with E-state index in [1.807, 2.05) is 50.2 Å². The summed E-state index contributed by atoms with van der Waals surface area (Å²) in [5, 5.41) is 3.11. The smallest absolute Gasteiger partial charge is 0.243 e. The number of aromatic nitrogens is 2. The molecule has 0 N–H and O–H groups in total. The minimum absolute atomic E-state index is 0.385. The fourth-order valence-corrected chi connectivity index (χ4v) is 6.99. The van der Waals surface area contributed by atoms with Gasteiger partial charge in [0.15, 0.2) is 0 Å². The van der Waals surface area contributed by atoms with Crippen molar-refractivity contribution < 1.29 is 13.2 Å². The SMILES string of the molecule is COc1ccc(-c2csc3ncnc(N4CCN(S(=O)(=O)c5ccc(C)cc5C)CC4)c23)cc1. The first-order valence-electron chi connectivity index (χ1n) is 11.1. The molecule has 0 spiro atoms. The molecule has 0 radical (unpaired) electrons. The van der Waals surface area contributed by atoms with Gasteiger partial charge in [-0.2, -0.15) is 4.31 Å². The van der Waals surface area contributed by atoms with E-state index in [-0.39, 0.29) is 0 Å². The van der Waals surface area contributed by atoms with Crippen molar-refractivity contribution >= 4 is 37.4 Å². The van der Waals surface area contributed by atoms with E-state index in [1.54, 1.807) is 35.1 Å². The average molecular weight is 495 g/mol. The number of benzene rings is 2. The molecule has 1 saturated heterocycles. The molecule has 9 heteroatoms. The summed E-state index contributed by atoms with van der Waals surface area (Å²) in [6.45, 7) is 5.76. The number of anilines is 1.